The Morgan fingerprint density at radius 2 is 2.00 bits per heavy atom. The smallest absolute Gasteiger partial charge is 0.475 e. The lowest BCUT2D eigenvalue weighted by Gasteiger charge is -2.15. The van der Waals surface area contributed by atoms with Gasteiger partial charge in [-0.15, -0.1) is 0 Å². The maximum atomic E-state index is 12.3. The third kappa shape index (κ3) is 6.27. The number of aryl methyl sites for hydroxylation is 1. The fourth-order valence-corrected chi connectivity index (χ4v) is 2.52. The highest BCUT2D eigenvalue weighted by molar-refractivity contribution is 7.17. The average molecular weight is 391 g/mol. The molecule has 0 saturated carbocycles. The van der Waals surface area contributed by atoms with Gasteiger partial charge in [0.15, 0.2) is 5.13 Å². The molecule has 2 heterocycles. The Balaban J connectivity index is 0.000000412. The van der Waals surface area contributed by atoms with E-state index in [0.29, 0.717) is 11.4 Å². The van der Waals surface area contributed by atoms with Crippen LogP contribution in [0.4, 0.5) is 18.3 Å². The van der Waals surface area contributed by atoms with Crippen LogP contribution in [-0.2, 0) is 11.3 Å². The van der Waals surface area contributed by atoms with E-state index in [1.807, 2.05) is 6.92 Å². The number of halogens is 3. The monoisotopic (exact) mass is 391 g/mol. The van der Waals surface area contributed by atoms with Crippen LogP contribution in [0.15, 0.2) is 18.6 Å². The third-order valence-corrected chi connectivity index (χ3v) is 4.00. The minimum Gasteiger partial charge on any atom is -0.475 e. The molecule has 0 aliphatic rings. The summed E-state index contributed by atoms with van der Waals surface area (Å²) in [6.07, 6.45) is -1.94. The first kappa shape index (κ1) is 21.3. The Morgan fingerprint density at radius 1 is 1.38 bits per heavy atom. The highest BCUT2D eigenvalue weighted by Gasteiger charge is 2.38. The number of amides is 1. The molecule has 1 amide bonds. The van der Waals surface area contributed by atoms with Gasteiger partial charge in [0.1, 0.15) is 11.2 Å². The van der Waals surface area contributed by atoms with Gasteiger partial charge in [0.2, 0.25) is 0 Å². The fraction of sp³-hybridized carbons (Fsp3) is 0.357. The lowest BCUT2D eigenvalue weighted by molar-refractivity contribution is -0.192. The zero-order valence-electron chi connectivity index (χ0n) is 14.0. The molecule has 26 heavy (non-hydrogen) atoms. The van der Waals surface area contributed by atoms with Crippen LogP contribution < -0.4 is 5.32 Å². The van der Waals surface area contributed by atoms with Crippen LogP contribution in [0.25, 0.3) is 0 Å². The summed E-state index contributed by atoms with van der Waals surface area (Å²) in [4.78, 5) is 35.7. The number of hydrogen-bond acceptors (Lipinski definition) is 7. The number of hydrogen-bond donors (Lipinski definition) is 2. The zero-order valence-corrected chi connectivity index (χ0v) is 14.9. The van der Waals surface area contributed by atoms with Crippen LogP contribution in [0.1, 0.15) is 21.1 Å². The van der Waals surface area contributed by atoms with Crippen molar-refractivity contribution in [3.8, 4) is 0 Å². The van der Waals surface area contributed by atoms with E-state index in [4.69, 9.17) is 9.90 Å². The van der Waals surface area contributed by atoms with Gasteiger partial charge in [-0.2, -0.15) is 13.2 Å². The van der Waals surface area contributed by atoms with E-state index in [2.05, 4.69) is 20.3 Å². The van der Waals surface area contributed by atoms with Gasteiger partial charge in [-0.3, -0.25) is 4.79 Å². The number of alkyl halides is 3. The molecule has 12 heteroatoms. The molecule has 0 aliphatic carbocycles. The molecule has 8 nitrogen and oxygen atoms in total. The van der Waals surface area contributed by atoms with Crippen molar-refractivity contribution in [2.24, 2.45) is 0 Å². The van der Waals surface area contributed by atoms with Gasteiger partial charge in [0.25, 0.3) is 5.91 Å². The van der Waals surface area contributed by atoms with Gasteiger partial charge in [0, 0.05) is 20.3 Å². The van der Waals surface area contributed by atoms with Crippen molar-refractivity contribution < 1.29 is 27.9 Å². The molecule has 0 bridgehead atoms. The first-order valence-electron chi connectivity index (χ1n) is 7.02. The molecule has 2 N–H and O–H groups in total. The van der Waals surface area contributed by atoms with E-state index in [0.717, 1.165) is 16.5 Å². The molecule has 0 aliphatic heterocycles. The Bertz CT molecular complexity index is 752. The number of nitrogens with one attached hydrogen (secondary N) is 1. The van der Waals surface area contributed by atoms with Gasteiger partial charge < -0.3 is 15.3 Å². The summed E-state index contributed by atoms with van der Waals surface area (Å²) >= 11 is 1.36. The number of carbonyl (C=O) groups is 2. The van der Waals surface area contributed by atoms with Crippen LogP contribution in [0.2, 0.25) is 0 Å². The van der Waals surface area contributed by atoms with E-state index >= 15 is 0 Å². The summed E-state index contributed by atoms with van der Waals surface area (Å²) in [7, 11) is 3.54. The van der Waals surface area contributed by atoms with Crippen LogP contribution in [0, 0.1) is 6.92 Å². The quantitative estimate of drug-likeness (QED) is 0.822. The van der Waals surface area contributed by atoms with Gasteiger partial charge in [0.05, 0.1) is 17.9 Å². The molecule has 0 atom stereocenters. The molecule has 142 valence electrons. The highest BCUT2D eigenvalue weighted by Crippen LogP contribution is 2.23. The SMILES string of the molecule is CNc1nc(C)c(C(=O)N(C)Cc2ccncn2)s1.O=C(O)C(F)(F)F. The molecular formula is C14H16F3N5O3S. The number of anilines is 1. The second kappa shape index (κ2) is 9.08. The second-order valence-electron chi connectivity index (χ2n) is 4.85. The summed E-state index contributed by atoms with van der Waals surface area (Å²) in [5.41, 5.74) is 1.55. The predicted molar refractivity (Wildman–Crippen MR) is 87.9 cm³/mol. The molecule has 0 aromatic carbocycles. The van der Waals surface area contributed by atoms with Crippen LogP contribution in [0.5, 0.6) is 0 Å². The second-order valence-corrected chi connectivity index (χ2v) is 5.85. The van der Waals surface area contributed by atoms with Crippen molar-refractivity contribution in [2.75, 3.05) is 19.4 Å². The van der Waals surface area contributed by atoms with Crippen molar-refractivity contribution in [3.63, 3.8) is 0 Å². The maximum absolute atomic E-state index is 12.3. The van der Waals surface area contributed by atoms with E-state index in [1.54, 1.807) is 31.3 Å². The average Bonchev–Trinajstić information content (AvgIpc) is 2.95. The number of nitrogens with zero attached hydrogens (tertiary/aromatic N) is 4. The first-order valence-corrected chi connectivity index (χ1v) is 7.83. The van der Waals surface area contributed by atoms with Crippen molar-refractivity contribution in [1.82, 2.24) is 19.9 Å². The fourth-order valence-electron chi connectivity index (χ4n) is 1.60. The highest BCUT2D eigenvalue weighted by atomic mass is 32.1. The Hall–Kier alpha value is -2.76. The Labute approximate surface area is 150 Å². The molecule has 0 radical (unpaired) electrons. The minimum absolute atomic E-state index is 0.0462. The number of carbonyl (C=O) groups excluding carboxylic acids is 1. The number of thiazole rings is 1. The van der Waals surface area contributed by atoms with E-state index in [1.165, 1.54) is 17.7 Å². The lowest BCUT2D eigenvalue weighted by atomic mass is 10.3. The number of rotatable bonds is 4. The Kier molecular flexibility index (Phi) is 7.43. The van der Waals surface area contributed by atoms with Crippen molar-refractivity contribution >= 4 is 28.3 Å². The third-order valence-electron chi connectivity index (χ3n) is 2.84. The van der Waals surface area contributed by atoms with E-state index in [-0.39, 0.29) is 5.91 Å². The summed E-state index contributed by atoms with van der Waals surface area (Å²) in [6.45, 7) is 2.29. The summed E-state index contributed by atoms with van der Waals surface area (Å²) in [6, 6.07) is 1.79. The lowest BCUT2D eigenvalue weighted by Crippen LogP contribution is -2.26. The van der Waals surface area contributed by atoms with Gasteiger partial charge >= 0.3 is 12.1 Å². The van der Waals surface area contributed by atoms with Gasteiger partial charge in [-0.05, 0) is 13.0 Å². The standard InChI is InChI=1S/C12H15N5OS.C2HF3O2/c1-8-10(19-12(13-2)16-8)11(18)17(3)6-9-4-5-14-7-15-9;3-2(4,5)1(6)7/h4-5,7H,6H2,1-3H3,(H,13,16);(H,6,7). The number of aliphatic carboxylic acids is 1. The van der Waals surface area contributed by atoms with Gasteiger partial charge in [-0.25, -0.2) is 19.7 Å². The molecule has 2 rings (SSSR count). The van der Waals surface area contributed by atoms with Crippen molar-refractivity contribution in [3.05, 3.63) is 34.9 Å². The van der Waals surface area contributed by atoms with Crippen molar-refractivity contribution in [1.29, 1.82) is 0 Å². The molecular weight excluding hydrogens is 375 g/mol. The van der Waals surface area contributed by atoms with Crippen LogP contribution in [-0.4, -0.2) is 57.1 Å². The minimum atomic E-state index is -5.08. The topological polar surface area (TPSA) is 108 Å². The van der Waals surface area contributed by atoms with E-state index in [9.17, 15) is 18.0 Å². The van der Waals surface area contributed by atoms with Crippen molar-refractivity contribution in [2.45, 2.75) is 19.6 Å². The maximum Gasteiger partial charge on any atom is 0.490 e. The predicted octanol–water partition coefficient (Wildman–Crippen LogP) is 2.19. The first-order chi connectivity index (χ1) is 12.1. The molecule has 2 aromatic heterocycles. The summed E-state index contributed by atoms with van der Waals surface area (Å²) < 4.78 is 31.7. The van der Waals surface area contributed by atoms with Gasteiger partial charge in [-0.1, -0.05) is 11.3 Å². The molecule has 0 unspecified atom stereocenters. The number of carboxylic acid groups (broad SMARTS) is 1. The van der Waals surface area contributed by atoms with Crippen LogP contribution >= 0.6 is 11.3 Å². The Morgan fingerprint density at radius 3 is 2.42 bits per heavy atom. The summed E-state index contributed by atoms with van der Waals surface area (Å²) in [5, 5.41) is 10.8. The van der Waals surface area contributed by atoms with E-state index < -0.39 is 12.1 Å². The molecule has 0 fully saturated rings. The summed E-state index contributed by atoms with van der Waals surface area (Å²) in [5.74, 6) is -2.80. The normalized spacial score (nSPS) is 10.5. The zero-order chi connectivity index (χ0) is 19.9. The molecule has 2 aromatic rings. The largest absolute Gasteiger partial charge is 0.490 e. The number of carboxylic acids is 1. The number of aromatic nitrogens is 3. The molecule has 0 saturated heterocycles. The molecule has 0 spiro atoms. The van der Waals surface area contributed by atoms with Crippen LogP contribution in [0.3, 0.4) is 0 Å².